The van der Waals surface area contributed by atoms with Crippen LogP contribution in [-0.4, -0.2) is 30.4 Å². The third kappa shape index (κ3) is 2.08. The number of benzene rings is 1. The second-order valence-electron chi connectivity index (χ2n) is 2.62. The van der Waals surface area contributed by atoms with Gasteiger partial charge in [0.2, 0.25) is 10.0 Å². The van der Waals surface area contributed by atoms with Gasteiger partial charge in [-0.15, -0.1) is 0 Å². The average Bonchev–Trinajstić information content (AvgIpc) is 2.18. The number of ether oxygens (including phenoxy) is 1. The first-order valence-electron chi connectivity index (χ1n) is 3.88. The topological polar surface area (TPSA) is 55.4 Å². The smallest absolute Gasteiger partial charge is 0.243 e. The highest BCUT2D eigenvalue weighted by Crippen LogP contribution is 2.20. The molecule has 0 saturated carbocycles. The van der Waals surface area contributed by atoms with E-state index in [4.69, 9.17) is 12.6 Å². The summed E-state index contributed by atoms with van der Waals surface area (Å²) < 4.78 is 30.1. The van der Waals surface area contributed by atoms with Crippen LogP contribution in [0.1, 0.15) is 0 Å². The van der Waals surface area contributed by atoms with E-state index in [0.29, 0.717) is 5.46 Å². The fraction of sp³-hybridized carbons (Fsp3) is 0.250. The molecule has 2 radical (unpaired) electrons. The third-order valence-corrected chi connectivity index (χ3v) is 3.18. The van der Waals surface area contributed by atoms with Crippen molar-refractivity contribution in [3.63, 3.8) is 0 Å². The molecular weight excluding hydrogens is 201 g/mol. The Hall–Kier alpha value is -1.01. The predicted molar refractivity (Wildman–Crippen MR) is 54.6 cm³/mol. The summed E-state index contributed by atoms with van der Waals surface area (Å²) in [6.07, 6.45) is 0. The normalized spacial score (nSPS) is 11.3. The van der Waals surface area contributed by atoms with E-state index in [9.17, 15) is 8.42 Å². The van der Waals surface area contributed by atoms with Crippen LogP contribution >= 0.6 is 0 Å². The van der Waals surface area contributed by atoms with Gasteiger partial charge in [0.05, 0.1) is 7.11 Å². The van der Waals surface area contributed by atoms with Crippen LogP contribution in [0.3, 0.4) is 0 Å². The van der Waals surface area contributed by atoms with Gasteiger partial charge in [-0.1, -0.05) is 11.5 Å². The maximum Gasteiger partial charge on any atom is 0.243 e. The molecule has 0 aliphatic heterocycles. The molecule has 0 aromatic heterocycles. The fourth-order valence-electron chi connectivity index (χ4n) is 1.01. The van der Waals surface area contributed by atoms with Crippen LogP contribution in [0.4, 0.5) is 0 Å². The van der Waals surface area contributed by atoms with Gasteiger partial charge in [-0.2, -0.15) is 0 Å². The minimum absolute atomic E-state index is 0.0440. The molecular formula is C8H10BNO3S. The highest BCUT2D eigenvalue weighted by Gasteiger charge is 2.16. The lowest BCUT2D eigenvalue weighted by Gasteiger charge is -2.09. The summed E-state index contributed by atoms with van der Waals surface area (Å²) in [4.78, 5) is 0.0440. The second kappa shape index (κ2) is 4.02. The maximum atomic E-state index is 11.5. The summed E-state index contributed by atoms with van der Waals surface area (Å²) in [7, 11) is 4.70. The highest BCUT2D eigenvalue weighted by atomic mass is 32.2. The van der Waals surface area contributed by atoms with Gasteiger partial charge < -0.3 is 4.74 Å². The van der Waals surface area contributed by atoms with Crippen LogP contribution in [0.15, 0.2) is 23.1 Å². The van der Waals surface area contributed by atoms with Gasteiger partial charge in [0.25, 0.3) is 0 Å². The molecule has 0 spiro atoms. The second-order valence-corrected chi connectivity index (χ2v) is 4.47. The van der Waals surface area contributed by atoms with Crippen LogP contribution in [-0.2, 0) is 10.0 Å². The quantitative estimate of drug-likeness (QED) is 0.679. The number of rotatable bonds is 3. The van der Waals surface area contributed by atoms with E-state index in [1.165, 1.54) is 26.3 Å². The molecule has 1 N–H and O–H groups in total. The van der Waals surface area contributed by atoms with Crippen molar-refractivity contribution in [2.75, 3.05) is 14.2 Å². The molecule has 1 rings (SSSR count). The Labute approximate surface area is 84.7 Å². The minimum atomic E-state index is -3.52. The molecule has 0 amide bonds. The zero-order chi connectivity index (χ0) is 10.8. The minimum Gasteiger partial charge on any atom is -0.495 e. The fourth-order valence-corrected chi connectivity index (χ4v) is 1.94. The van der Waals surface area contributed by atoms with Crippen molar-refractivity contribution in [3.05, 3.63) is 18.2 Å². The molecule has 0 heterocycles. The molecule has 1 aromatic carbocycles. The van der Waals surface area contributed by atoms with Gasteiger partial charge >= 0.3 is 0 Å². The Morgan fingerprint density at radius 3 is 2.57 bits per heavy atom. The summed E-state index contributed by atoms with van der Waals surface area (Å²) in [6.45, 7) is 0. The van der Waals surface area contributed by atoms with E-state index < -0.39 is 10.0 Å². The van der Waals surface area contributed by atoms with Crippen LogP contribution < -0.4 is 14.9 Å². The molecule has 0 saturated heterocycles. The summed E-state index contributed by atoms with van der Waals surface area (Å²) in [6, 6.07) is 4.44. The van der Waals surface area contributed by atoms with Crippen LogP contribution in [0.25, 0.3) is 0 Å². The van der Waals surface area contributed by atoms with Crippen LogP contribution in [0.2, 0.25) is 0 Å². The zero-order valence-electron chi connectivity index (χ0n) is 7.94. The van der Waals surface area contributed by atoms with E-state index in [2.05, 4.69) is 4.72 Å². The molecule has 0 aliphatic rings. The lowest BCUT2D eigenvalue weighted by molar-refractivity contribution is 0.402. The predicted octanol–water partition coefficient (Wildman–Crippen LogP) is -0.603. The maximum absolute atomic E-state index is 11.5. The molecule has 0 bridgehead atoms. The molecule has 1 aromatic rings. The van der Waals surface area contributed by atoms with E-state index >= 15 is 0 Å². The summed E-state index contributed by atoms with van der Waals surface area (Å²) in [5, 5.41) is 0. The van der Waals surface area contributed by atoms with Gasteiger partial charge in [-0.3, -0.25) is 0 Å². The summed E-state index contributed by atoms with van der Waals surface area (Å²) in [5.41, 5.74) is 0.375. The van der Waals surface area contributed by atoms with Gasteiger partial charge in [0, 0.05) is 0 Å². The Kier molecular flexibility index (Phi) is 3.18. The molecule has 74 valence electrons. The first-order chi connectivity index (χ1) is 6.51. The van der Waals surface area contributed by atoms with Crippen molar-refractivity contribution in [3.8, 4) is 5.75 Å². The van der Waals surface area contributed by atoms with Crippen molar-refractivity contribution < 1.29 is 13.2 Å². The molecule has 4 nitrogen and oxygen atoms in total. The highest BCUT2D eigenvalue weighted by molar-refractivity contribution is 7.89. The lowest BCUT2D eigenvalue weighted by atomic mass is 9.97. The summed E-state index contributed by atoms with van der Waals surface area (Å²) in [5.74, 6) is 0.272. The van der Waals surface area contributed by atoms with Gasteiger partial charge in [0.15, 0.2) is 0 Å². The van der Waals surface area contributed by atoms with Crippen molar-refractivity contribution in [1.82, 2.24) is 4.72 Å². The lowest BCUT2D eigenvalue weighted by Crippen LogP contribution is -2.21. The van der Waals surface area contributed by atoms with Gasteiger partial charge in [-0.25, -0.2) is 13.1 Å². The average molecular weight is 211 g/mol. The van der Waals surface area contributed by atoms with Crippen molar-refractivity contribution in [2.24, 2.45) is 0 Å². The Bertz CT molecular complexity index is 430. The molecule has 6 heteroatoms. The number of nitrogens with one attached hydrogen (secondary N) is 1. The first-order valence-corrected chi connectivity index (χ1v) is 5.36. The summed E-state index contributed by atoms with van der Waals surface area (Å²) >= 11 is 0. The number of hydrogen-bond acceptors (Lipinski definition) is 3. The molecule has 0 aliphatic carbocycles. The number of methoxy groups -OCH3 is 1. The SMILES string of the molecule is [B]c1ccc(OC)c(S(=O)(=O)NC)c1. The van der Waals surface area contributed by atoms with E-state index in [1.54, 1.807) is 6.07 Å². The van der Waals surface area contributed by atoms with E-state index in [1.807, 2.05) is 0 Å². The van der Waals surface area contributed by atoms with Crippen LogP contribution in [0.5, 0.6) is 5.75 Å². The number of hydrogen-bond donors (Lipinski definition) is 1. The zero-order valence-corrected chi connectivity index (χ0v) is 8.76. The van der Waals surface area contributed by atoms with Gasteiger partial charge in [-0.05, 0) is 19.2 Å². The molecule has 14 heavy (non-hydrogen) atoms. The first kappa shape index (κ1) is 11.1. The van der Waals surface area contributed by atoms with E-state index in [0.717, 1.165) is 0 Å². The molecule has 0 unspecified atom stereocenters. The van der Waals surface area contributed by atoms with Crippen molar-refractivity contribution >= 4 is 23.3 Å². The Morgan fingerprint density at radius 1 is 1.43 bits per heavy atom. The molecule has 0 fully saturated rings. The Morgan fingerprint density at radius 2 is 2.07 bits per heavy atom. The van der Waals surface area contributed by atoms with Crippen LogP contribution in [0, 0.1) is 0 Å². The monoisotopic (exact) mass is 211 g/mol. The van der Waals surface area contributed by atoms with Crippen molar-refractivity contribution in [2.45, 2.75) is 4.90 Å². The van der Waals surface area contributed by atoms with Gasteiger partial charge in [0.1, 0.15) is 18.5 Å². The molecule has 0 atom stereocenters. The van der Waals surface area contributed by atoms with Crippen molar-refractivity contribution in [1.29, 1.82) is 0 Å². The standard InChI is InChI=1S/C8H10BNO3S/c1-10-14(11,12)8-5-6(9)3-4-7(8)13-2/h3-5,10H,1-2H3. The number of sulfonamides is 1. The van der Waals surface area contributed by atoms with E-state index in [-0.39, 0.29) is 10.6 Å². The Balaban J connectivity index is 3.39. The largest absolute Gasteiger partial charge is 0.495 e. The third-order valence-electron chi connectivity index (χ3n) is 1.75.